The van der Waals surface area contributed by atoms with E-state index >= 15 is 0 Å². The Balaban J connectivity index is 2.50. The summed E-state index contributed by atoms with van der Waals surface area (Å²) in [4.78, 5) is 7.99. The van der Waals surface area contributed by atoms with Crippen LogP contribution in [0, 0.1) is 0 Å². The molecule has 1 aromatic heterocycles. The molecule has 16 heavy (non-hydrogen) atoms. The van der Waals surface area contributed by atoms with Crippen LogP contribution in [0.1, 0.15) is 6.42 Å². The first-order chi connectivity index (χ1) is 7.65. The molecule has 0 amide bonds. The van der Waals surface area contributed by atoms with Crippen LogP contribution in [-0.4, -0.2) is 32.7 Å². The average molecular weight is 308 g/mol. The van der Waals surface area contributed by atoms with Crippen molar-refractivity contribution in [2.24, 2.45) is 5.84 Å². The van der Waals surface area contributed by atoms with Crippen LogP contribution in [-0.2, 0) is 10.8 Å². The average Bonchev–Trinajstić information content (AvgIpc) is 2.26. The highest BCUT2D eigenvalue weighted by molar-refractivity contribution is 9.10. The summed E-state index contributed by atoms with van der Waals surface area (Å²) in [6.07, 6.45) is 3.93. The van der Waals surface area contributed by atoms with E-state index in [-0.39, 0.29) is 0 Å². The number of aromatic nitrogens is 2. The van der Waals surface area contributed by atoms with Crippen LogP contribution in [0.2, 0.25) is 0 Å². The van der Waals surface area contributed by atoms with Crippen molar-refractivity contribution in [3.63, 3.8) is 0 Å². The Morgan fingerprint density at radius 3 is 2.81 bits per heavy atom. The second-order valence-corrected chi connectivity index (χ2v) is 5.43. The molecular formula is C8H14BrN5OS. The van der Waals surface area contributed by atoms with Gasteiger partial charge in [-0.05, 0) is 22.4 Å². The van der Waals surface area contributed by atoms with Crippen molar-refractivity contribution in [2.45, 2.75) is 6.42 Å². The second kappa shape index (κ2) is 6.77. The molecule has 0 aliphatic heterocycles. The number of anilines is 2. The van der Waals surface area contributed by atoms with E-state index in [0.717, 1.165) is 6.42 Å². The van der Waals surface area contributed by atoms with Crippen molar-refractivity contribution in [1.29, 1.82) is 0 Å². The van der Waals surface area contributed by atoms with Crippen molar-refractivity contribution in [2.75, 3.05) is 29.3 Å². The van der Waals surface area contributed by atoms with Gasteiger partial charge in [-0.3, -0.25) is 4.21 Å². The third-order valence-electron chi connectivity index (χ3n) is 1.83. The van der Waals surface area contributed by atoms with Gasteiger partial charge in [-0.25, -0.2) is 15.8 Å². The van der Waals surface area contributed by atoms with E-state index in [2.05, 4.69) is 36.6 Å². The molecule has 1 unspecified atom stereocenters. The summed E-state index contributed by atoms with van der Waals surface area (Å²) < 4.78 is 11.5. The van der Waals surface area contributed by atoms with Gasteiger partial charge in [0.05, 0.1) is 0 Å². The Bertz CT molecular complexity index is 375. The Labute approximate surface area is 105 Å². The minimum absolute atomic E-state index is 0.525. The molecule has 0 saturated carbocycles. The maximum Gasteiger partial charge on any atom is 0.159 e. The minimum Gasteiger partial charge on any atom is -0.369 e. The predicted octanol–water partition coefficient (Wildman–Crippen LogP) is 0.705. The van der Waals surface area contributed by atoms with Crippen LogP contribution in [0.25, 0.3) is 0 Å². The van der Waals surface area contributed by atoms with Crippen LogP contribution in [0.5, 0.6) is 0 Å². The Morgan fingerprint density at radius 2 is 2.19 bits per heavy atom. The number of hydrogen-bond acceptors (Lipinski definition) is 6. The lowest BCUT2D eigenvalue weighted by Gasteiger charge is -2.09. The first-order valence-corrected chi connectivity index (χ1v) is 7.18. The molecule has 0 spiro atoms. The van der Waals surface area contributed by atoms with Gasteiger partial charge in [0, 0.05) is 29.4 Å². The highest BCUT2D eigenvalue weighted by Gasteiger charge is 2.06. The van der Waals surface area contributed by atoms with E-state index in [1.807, 2.05) is 0 Å². The summed E-state index contributed by atoms with van der Waals surface area (Å²) in [5, 5.41) is 3.12. The fraction of sp³-hybridized carbons (Fsp3) is 0.500. The molecule has 0 aromatic carbocycles. The van der Waals surface area contributed by atoms with Gasteiger partial charge in [0.2, 0.25) is 0 Å². The van der Waals surface area contributed by atoms with Gasteiger partial charge in [-0.2, -0.15) is 0 Å². The molecule has 1 rings (SSSR count). The lowest BCUT2D eigenvalue weighted by molar-refractivity contribution is 0.685. The lowest BCUT2D eigenvalue weighted by atomic mass is 10.4. The van der Waals surface area contributed by atoms with Crippen LogP contribution in [0.4, 0.5) is 11.6 Å². The quantitative estimate of drug-likeness (QED) is 0.407. The lowest BCUT2D eigenvalue weighted by Crippen LogP contribution is -2.12. The fourth-order valence-corrected chi connectivity index (χ4v) is 2.09. The Morgan fingerprint density at radius 1 is 1.50 bits per heavy atom. The normalized spacial score (nSPS) is 12.2. The predicted molar refractivity (Wildman–Crippen MR) is 69.6 cm³/mol. The third-order valence-corrected chi connectivity index (χ3v) is 3.44. The van der Waals surface area contributed by atoms with Crippen LogP contribution < -0.4 is 16.6 Å². The van der Waals surface area contributed by atoms with E-state index in [1.54, 1.807) is 6.26 Å². The smallest absolute Gasteiger partial charge is 0.159 e. The van der Waals surface area contributed by atoms with E-state index in [4.69, 9.17) is 5.84 Å². The van der Waals surface area contributed by atoms with Gasteiger partial charge >= 0.3 is 0 Å². The molecule has 6 nitrogen and oxygen atoms in total. The number of rotatable bonds is 6. The maximum absolute atomic E-state index is 10.8. The van der Waals surface area contributed by atoms with Crippen molar-refractivity contribution < 1.29 is 4.21 Å². The van der Waals surface area contributed by atoms with E-state index in [1.165, 1.54) is 6.33 Å². The van der Waals surface area contributed by atoms with Gasteiger partial charge in [0.1, 0.15) is 16.6 Å². The zero-order valence-corrected chi connectivity index (χ0v) is 11.3. The topological polar surface area (TPSA) is 92.9 Å². The van der Waals surface area contributed by atoms with Crippen molar-refractivity contribution >= 4 is 38.4 Å². The number of hydrogen-bond donors (Lipinski definition) is 3. The second-order valence-electron chi connectivity index (χ2n) is 3.09. The van der Waals surface area contributed by atoms with Gasteiger partial charge in [-0.1, -0.05) is 0 Å². The summed E-state index contributed by atoms with van der Waals surface area (Å²) in [6.45, 7) is 0.708. The van der Waals surface area contributed by atoms with E-state index in [0.29, 0.717) is 28.4 Å². The summed E-state index contributed by atoms with van der Waals surface area (Å²) in [5.41, 5.74) is 2.46. The molecule has 8 heteroatoms. The molecule has 1 heterocycles. The molecule has 0 aliphatic carbocycles. The van der Waals surface area contributed by atoms with Crippen molar-refractivity contribution in [1.82, 2.24) is 9.97 Å². The van der Waals surface area contributed by atoms with E-state index < -0.39 is 10.8 Å². The monoisotopic (exact) mass is 307 g/mol. The Hall–Kier alpha value is -0.730. The zero-order chi connectivity index (χ0) is 12.0. The number of nitrogen functional groups attached to an aromatic ring is 1. The standard InChI is InChI=1S/C8H14BrN5OS/c1-16(15)4-2-3-11-7-6(9)8(14-10)13-5-12-7/h5H,2-4,10H2,1H3,(H2,11,12,13,14). The highest BCUT2D eigenvalue weighted by Crippen LogP contribution is 2.25. The zero-order valence-electron chi connectivity index (χ0n) is 8.86. The van der Waals surface area contributed by atoms with E-state index in [9.17, 15) is 4.21 Å². The molecule has 0 saturated heterocycles. The number of nitrogens with two attached hydrogens (primary N) is 1. The third kappa shape index (κ3) is 4.03. The maximum atomic E-state index is 10.8. The number of nitrogens with zero attached hydrogens (tertiary/aromatic N) is 2. The fourth-order valence-electron chi connectivity index (χ4n) is 1.08. The van der Waals surface area contributed by atoms with Crippen LogP contribution in [0.3, 0.4) is 0 Å². The molecule has 0 fully saturated rings. The number of nitrogens with one attached hydrogen (secondary N) is 2. The van der Waals surface area contributed by atoms with Crippen molar-refractivity contribution in [3.05, 3.63) is 10.8 Å². The molecule has 90 valence electrons. The SMILES string of the molecule is CS(=O)CCCNc1ncnc(NN)c1Br. The molecule has 4 N–H and O–H groups in total. The minimum atomic E-state index is -0.752. The van der Waals surface area contributed by atoms with Gasteiger partial charge < -0.3 is 10.7 Å². The summed E-state index contributed by atoms with van der Waals surface area (Å²) >= 11 is 3.33. The molecule has 0 radical (unpaired) electrons. The van der Waals surface area contributed by atoms with Gasteiger partial charge in [0.15, 0.2) is 5.82 Å². The number of halogens is 1. The van der Waals surface area contributed by atoms with Crippen molar-refractivity contribution in [3.8, 4) is 0 Å². The van der Waals surface area contributed by atoms with Gasteiger partial charge in [0.25, 0.3) is 0 Å². The van der Waals surface area contributed by atoms with Gasteiger partial charge in [-0.15, -0.1) is 0 Å². The summed E-state index contributed by atoms with van der Waals surface area (Å²) in [6, 6.07) is 0. The molecule has 0 aliphatic rings. The Kier molecular flexibility index (Phi) is 5.64. The molecule has 0 bridgehead atoms. The van der Waals surface area contributed by atoms with Crippen LogP contribution >= 0.6 is 15.9 Å². The molecular weight excluding hydrogens is 294 g/mol. The molecule has 1 aromatic rings. The summed E-state index contributed by atoms with van der Waals surface area (Å²) in [7, 11) is -0.752. The highest BCUT2D eigenvalue weighted by atomic mass is 79.9. The first-order valence-electron chi connectivity index (χ1n) is 4.66. The summed E-state index contributed by atoms with van der Waals surface area (Å²) in [5.74, 6) is 7.15. The first kappa shape index (κ1) is 13.3. The van der Waals surface area contributed by atoms with Crippen LogP contribution in [0.15, 0.2) is 10.8 Å². The number of hydrazine groups is 1. The largest absolute Gasteiger partial charge is 0.369 e. The molecule has 1 atom stereocenters.